The average molecular weight is 314 g/mol. The fourth-order valence-electron chi connectivity index (χ4n) is 2.68. The molecule has 1 aliphatic rings. The number of H-pyrrole nitrogens is 1. The predicted octanol–water partition coefficient (Wildman–Crippen LogP) is 3.81. The standard InChI is InChI=1S/C15H12BrN3/c16-9-3-4-12-11(8-9)10-5-7-18-15(14(10)19-12)13-2-1-6-17-13/h2-5,7-8,17,19H,1,6H2. The first-order chi connectivity index (χ1) is 9.33. The maximum absolute atomic E-state index is 4.53. The molecule has 4 heteroatoms. The van der Waals surface area contributed by atoms with Gasteiger partial charge in [0, 0.05) is 33.5 Å². The minimum atomic E-state index is 0.999. The van der Waals surface area contributed by atoms with Crippen molar-refractivity contribution in [2.75, 3.05) is 6.54 Å². The number of pyridine rings is 1. The SMILES string of the molecule is Brc1ccc2[nH]c3c(C4=CCCN4)nccc3c2c1. The fourth-order valence-corrected chi connectivity index (χ4v) is 3.04. The van der Waals surface area contributed by atoms with E-state index in [0.29, 0.717) is 0 Å². The van der Waals surface area contributed by atoms with Crippen LogP contribution in [0.1, 0.15) is 12.1 Å². The van der Waals surface area contributed by atoms with Gasteiger partial charge in [0.15, 0.2) is 0 Å². The van der Waals surface area contributed by atoms with Crippen LogP contribution in [-0.2, 0) is 0 Å². The molecule has 0 saturated carbocycles. The Morgan fingerprint density at radius 3 is 2.95 bits per heavy atom. The van der Waals surface area contributed by atoms with Crippen LogP contribution in [0, 0.1) is 0 Å². The number of hydrogen-bond acceptors (Lipinski definition) is 2. The lowest BCUT2D eigenvalue weighted by molar-refractivity contribution is 0.924. The van der Waals surface area contributed by atoms with Gasteiger partial charge in [0.2, 0.25) is 0 Å². The molecule has 1 aliphatic heterocycles. The Kier molecular flexibility index (Phi) is 2.38. The topological polar surface area (TPSA) is 40.7 Å². The Labute approximate surface area is 118 Å². The van der Waals surface area contributed by atoms with Crippen LogP contribution in [0.15, 0.2) is 41.0 Å². The molecule has 3 nitrogen and oxygen atoms in total. The Bertz CT molecular complexity index is 817. The van der Waals surface area contributed by atoms with E-state index in [1.807, 2.05) is 6.20 Å². The smallest absolute Gasteiger partial charge is 0.110 e. The number of rotatable bonds is 1. The molecule has 94 valence electrons. The molecule has 3 heterocycles. The lowest BCUT2D eigenvalue weighted by atomic mass is 10.1. The highest BCUT2D eigenvalue weighted by Crippen LogP contribution is 2.31. The summed E-state index contributed by atoms with van der Waals surface area (Å²) in [7, 11) is 0. The number of nitrogens with one attached hydrogen (secondary N) is 2. The molecule has 2 N–H and O–H groups in total. The molecular weight excluding hydrogens is 302 g/mol. The van der Waals surface area contributed by atoms with E-state index in [9.17, 15) is 0 Å². The molecule has 0 aliphatic carbocycles. The summed E-state index contributed by atoms with van der Waals surface area (Å²) in [5.74, 6) is 0. The van der Waals surface area contributed by atoms with E-state index >= 15 is 0 Å². The Morgan fingerprint density at radius 1 is 1.16 bits per heavy atom. The molecule has 0 unspecified atom stereocenters. The molecule has 0 radical (unpaired) electrons. The zero-order chi connectivity index (χ0) is 12.8. The van der Waals surface area contributed by atoms with Crippen molar-refractivity contribution >= 4 is 43.4 Å². The van der Waals surface area contributed by atoms with Crippen LogP contribution in [0.3, 0.4) is 0 Å². The second-order valence-electron chi connectivity index (χ2n) is 4.73. The third-order valence-electron chi connectivity index (χ3n) is 3.55. The summed E-state index contributed by atoms with van der Waals surface area (Å²) in [5, 5.41) is 5.84. The molecular formula is C15H12BrN3. The van der Waals surface area contributed by atoms with Gasteiger partial charge in [-0.25, -0.2) is 0 Å². The molecule has 0 fully saturated rings. The van der Waals surface area contributed by atoms with Crippen LogP contribution in [0.4, 0.5) is 0 Å². The second-order valence-corrected chi connectivity index (χ2v) is 5.65. The highest BCUT2D eigenvalue weighted by molar-refractivity contribution is 9.10. The van der Waals surface area contributed by atoms with Crippen molar-refractivity contribution in [1.82, 2.24) is 15.3 Å². The van der Waals surface area contributed by atoms with Gasteiger partial charge in [0.1, 0.15) is 5.69 Å². The highest BCUT2D eigenvalue weighted by Gasteiger charge is 2.14. The average Bonchev–Trinajstić information content (AvgIpc) is 3.05. The monoisotopic (exact) mass is 313 g/mol. The lowest BCUT2D eigenvalue weighted by Gasteiger charge is -2.04. The molecule has 0 atom stereocenters. The first-order valence-electron chi connectivity index (χ1n) is 6.33. The summed E-state index contributed by atoms with van der Waals surface area (Å²) in [4.78, 5) is 8.02. The number of halogens is 1. The highest BCUT2D eigenvalue weighted by atomic mass is 79.9. The van der Waals surface area contributed by atoms with E-state index in [1.165, 1.54) is 10.8 Å². The zero-order valence-electron chi connectivity index (χ0n) is 10.2. The quantitative estimate of drug-likeness (QED) is 0.717. The predicted molar refractivity (Wildman–Crippen MR) is 81.9 cm³/mol. The van der Waals surface area contributed by atoms with Gasteiger partial charge in [-0.05, 0) is 30.7 Å². The summed E-state index contributed by atoms with van der Waals surface area (Å²) in [6.07, 6.45) is 5.16. The van der Waals surface area contributed by atoms with Crippen LogP contribution < -0.4 is 5.32 Å². The molecule has 1 aromatic carbocycles. The van der Waals surface area contributed by atoms with Gasteiger partial charge >= 0.3 is 0 Å². The van der Waals surface area contributed by atoms with Crippen LogP contribution in [0.25, 0.3) is 27.5 Å². The van der Waals surface area contributed by atoms with Crippen molar-refractivity contribution in [3.8, 4) is 0 Å². The number of nitrogens with zero attached hydrogens (tertiary/aromatic N) is 1. The Hall–Kier alpha value is -1.81. The Morgan fingerprint density at radius 2 is 2.11 bits per heavy atom. The van der Waals surface area contributed by atoms with Gasteiger partial charge in [0.05, 0.1) is 11.2 Å². The summed E-state index contributed by atoms with van der Waals surface area (Å²) < 4.78 is 1.09. The summed E-state index contributed by atoms with van der Waals surface area (Å²) in [6, 6.07) is 8.37. The van der Waals surface area contributed by atoms with Crippen molar-refractivity contribution in [3.63, 3.8) is 0 Å². The van der Waals surface area contributed by atoms with E-state index in [4.69, 9.17) is 0 Å². The van der Waals surface area contributed by atoms with Gasteiger partial charge in [-0.15, -0.1) is 0 Å². The Balaban J connectivity index is 2.08. The third-order valence-corrected chi connectivity index (χ3v) is 4.04. The van der Waals surface area contributed by atoms with E-state index < -0.39 is 0 Å². The minimum Gasteiger partial charge on any atom is -0.383 e. The van der Waals surface area contributed by atoms with Crippen LogP contribution in [0.5, 0.6) is 0 Å². The molecule has 0 amide bonds. The fraction of sp³-hybridized carbons (Fsp3) is 0.133. The zero-order valence-corrected chi connectivity index (χ0v) is 11.8. The van der Waals surface area contributed by atoms with Crippen molar-refractivity contribution in [2.45, 2.75) is 6.42 Å². The van der Waals surface area contributed by atoms with E-state index in [1.54, 1.807) is 0 Å². The maximum Gasteiger partial charge on any atom is 0.110 e. The van der Waals surface area contributed by atoms with Gasteiger partial charge in [0.25, 0.3) is 0 Å². The van der Waals surface area contributed by atoms with Gasteiger partial charge in [-0.3, -0.25) is 4.98 Å². The molecule has 3 aromatic rings. The molecule has 0 bridgehead atoms. The summed E-state index contributed by atoms with van der Waals surface area (Å²) >= 11 is 3.53. The normalized spacial score (nSPS) is 14.9. The molecule has 0 saturated heterocycles. The number of aromatic nitrogens is 2. The van der Waals surface area contributed by atoms with Crippen molar-refractivity contribution < 1.29 is 0 Å². The largest absolute Gasteiger partial charge is 0.383 e. The summed E-state index contributed by atoms with van der Waals surface area (Å²) in [5.41, 5.74) is 4.40. The van der Waals surface area contributed by atoms with E-state index in [0.717, 1.165) is 39.9 Å². The van der Waals surface area contributed by atoms with Crippen molar-refractivity contribution in [2.24, 2.45) is 0 Å². The van der Waals surface area contributed by atoms with Gasteiger partial charge in [-0.1, -0.05) is 22.0 Å². The molecule has 2 aromatic heterocycles. The minimum absolute atomic E-state index is 0.999. The second kappa shape index (κ2) is 4.10. The van der Waals surface area contributed by atoms with Gasteiger partial charge in [-0.2, -0.15) is 0 Å². The molecule has 0 spiro atoms. The van der Waals surface area contributed by atoms with Crippen molar-refractivity contribution in [1.29, 1.82) is 0 Å². The van der Waals surface area contributed by atoms with Crippen LogP contribution >= 0.6 is 15.9 Å². The molecule has 19 heavy (non-hydrogen) atoms. The molecule has 4 rings (SSSR count). The van der Waals surface area contributed by atoms with Crippen molar-refractivity contribution in [3.05, 3.63) is 46.7 Å². The van der Waals surface area contributed by atoms with Crippen LogP contribution in [-0.4, -0.2) is 16.5 Å². The van der Waals surface area contributed by atoms with Crippen LogP contribution in [0.2, 0.25) is 0 Å². The third kappa shape index (κ3) is 1.67. The summed E-state index contributed by atoms with van der Waals surface area (Å²) in [6.45, 7) is 0.999. The number of fused-ring (bicyclic) bond motifs is 3. The maximum atomic E-state index is 4.53. The number of aromatic amines is 1. The number of hydrogen-bond donors (Lipinski definition) is 2. The first-order valence-corrected chi connectivity index (χ1v) is 7.12. The first kappa shape index (κ1) is 11.1. The number of benzene rings is 1. The van der Waals surface area contributed by atoms with E-state index in [2.05, 4.69) is 61.6 Å². The lowest BCUT2D eigenvalue weighted by Crippen LogP contribution is -2.07. The van der Waals surface area contributed by atoms with E-state index in [-0.39, 0.29) is 0 Å². The van der Waals surface area contributed by atoms with Gasteiger partial charge < -0.3 is 10.3 Å².